The molecule has 9 nitrogen and oxygen atoms in total. The summed E-state index contributed by atoms with van der Waals surface area (Å²) in [5.74, 6) is -2.08. The lowest BCUT2D eigenvalue weighted by Crippen LogP contribution is -2.32. The standard InChI is InChI=1S/C19H18N4O5/c1-9(6-7-13(24)25)20-14-10-4-2-3-5-11(10)15-16(14)23-8-12(19(27)28)21-17(23)18(26)22-15/h2-5,8-9,14,20H,6-7H2,1H3,(H,22,26)(H,24,25)(H,27,28). The van der Waals surface area contributed by atoms with Crippen LogP contribution >= 0.6 is 0 Å². The number of nitrogens with one attached hydrogen (secondary N) is 2. The van der Waals surface area contributed by atoms with Crippen LogP contribution in [0.1, 0.15) is 47.6 Å². The molecule has 0 radical (unpaired) electrons. The summed E-state index contributed by atoms with van der Waals surface area (Å²) >= 11 is 0. The van der Waals surface area contributed by atoms with Crippen molar-refractivity contribution in [3.63, 3.8) is 0 Å². The van der Waals surface area contributed by atoms with E-state index in [0.29, 0.717) is 17.8 Å². The fraction of sp³-hybridized carbons (Fsp3) is 0.263. The minimum atomic E-state index is -1.22. The molecule has 1 aliphatic carbocycles. The molecule has 4 N–H and O–H groups in total. The molecule has 3 aromatic rings. The number of benzene rings is 1. The molecular formula is C19H18N4O5. The van der Waals surface area contributed by atoms with Gasteiger partial charge in [-0.3, -0.25) is 14.0 Å². The number of fused-ring (bicyclic) bond motifs is 5. The lowest BCUT2D eigenvalue weighted by atomic mass is 10.0. The number of carbonyl (C=O) groups is 2. The van der Waals surface area contributed by atoms with Gasteiger partial charge in [0, 0.05) is 24.2 Å². The van der Waals surface area contributed by atoms with Gasteiger partial charge in [-0.15, -0.1) is 0 Å². The Morgan fingerprint density at radius 3 is 2.79 bits per heavy atom. The zero-order chi connectivity index (χ0) is 20.0. The van der Waals surface area contributed by atoms with Gasteiger partial charge in [0.25, 0.3) is 5.56 Å². The number of aliphatic carboxylic acids is 1. The van der Waals surface area contributed by atoms with E-state index in [0.717, 1.165) is 11.1 Å². The molecule has 4 rings (SSSR count). The molecule has 28 heavy (non-hydrogen) atoms. The number of hydrogen-bond donors (Lipinski definition) is 4. The van der Waals surface area contributed by atoms with Crippen LogP contribution in [-0.4, -0.2) is 42.6 Å². The van der Waals surface area contributed by atoms with E-state index in [2.05, 4.69) is 15.3 Å². The summed E-state index contributed by atoms with van der Waals surface area (Å²) in [6.07, 6.45) is 1.80. The maximum absolute atomic E-state index is 12.5. The van der Waals surface area contributed by atoms with Gasteiger partial charge in [0.15, 0.2) is 5.69 Å². The summed E-state index contributed by atoms with van der Waals surface area (Å²) in [7, 11) is 0. The molecule has 0 fully saturated rings. The maximum atomic E-state index is 12.5. The third-order valence-corrected chi connectivity index (χ3v) is 4.94. The van der Waals surface area contributed by atoms with Crippen molar-refractivity contribution in [3.05, 3.63) is 57.8 Å². The van der Waals surface area contributed by atoms with E-state index in [1.165, 1.54) is 10.6 Å². The topological polar surface area (TPSA) is 137 Å². The highest BCUT2D eigenvalue weighted by atomic mass is 16.4. The van der Waals surface area contributed by atoms with Crippen LogP contribution in [0.25, 0.3) is 16.9 Å². The number of nitrogens with zero attached hydrogens (tertiary/aromatic N) is 2. The molecule has 0 saturated heterocycles. The molecule has 144 valence electrons. The monoisotopic (exact) mass is 382 g/mol. The molecule has 9 heteroatoms. The van der Waals surface area contributed by atoms with Crippen molar-refractivity contribution in [2.24, 2.45) is 0 Å². The first-order chi connectivity index (χ1) is 13.4. The van der Waals surface area contributed by atoms with Crippen molar-refractivity contribution in [3.8, 4) is 11.3 Å². The van der Waals surface area contributed by atoms with E-state index in [4.69, 9.17) is 5.11 Å². The Labute approximate surface area is 158 Å². The number of aromatic amines is 1. The minimum absolute atomic E-state index is 0.00828. The Kier molecular flexibility index (Phi) is 4.23. The Balaban J connectivity index is 1.87. The van der Waals surface area contributed by atoms with Gasteiger partial charge < -0.3 is 20.5 Å². The molecule has 2 aromatic heterocycles. The third kappa shape index (κ3) is 2.85. The van der Waals surface area contributed by atoms with Crippen LogP contribution in [-0.2, 0) is 4.79 Å². The summed E-state index contributed by atoms with van der Waals surface area (Å²) in [5, 5.41) is 21.6. The molecule has 0 bridgehead atoms. The van der Waals surface area contributed by atoms with Gasteiger partial charge in [0.1, 0.15) is 0 Å². The molecule has 0 aliphatic heterocycles. The van der Waals surface area contributed by atoms with Crippen LogP contribution in [0.15, 0.2) is 35.3 Å². The van der Waals surface area contributed by atoms with Gasteiger partial charge >= 0.3 is 11.9 Å². The van der Waals surface area contributed by atoms with Gasteiger partial charge in [0.2, 0.25) is 5.65 Å². The zero-order valence-electron chi connectivity index (χ0n) is 15.0. The summed E-state index contributed by atoms with van der Waals surface area (Å²) < 4.78 is 1.51. The Hall–Kier alpha value is -3.46. The number of aromatic nitrogens is 3. The smallest absolute Gasteiger partial charge is 0.356 e. The van der Waals surface area contributed by atoms with Crippen LogP contribution < -0.4 is 10.9 Å². The summed E-state index contributed by atoms with van der Waals surface area (Å²) in [6, 6.07) is 7.09. The Morgan fingerprint density at radius 2 is 2.07 bits per heavy atom. The first-order valence-corrected chi connectivity index (χ1v) is 8.82. The average Bonchev–Trinajstić information content (AvgIpc) is 3.22. The highest BCUT2D eigenvalue weighted by Gasteiger charge is 2.33. The van der Waals surface area contributed by atoms with Crippen molar-refractivity contribution < 1.29 is 19.8 Å². The van der Waals surface area contributed by atoms with Crippen LogP contribution in [0, 0.1) is 0 Å². The molecule has 2 unspecified atom stereocenters. The molecule has 2 heterocycles. The van der Waals surface area contributed by atoms with Crippen molar-refractivity contribution >= 4 is 17.6 Å². The average molecular weight is 382 g/mol. The van der Waals surface area contributed by atoms with Crippen LogP contribution in [0.5, 0.6) is 0 Å². The second-order valence-electron chi connectivity index (χ2n) is 6.86. The second-order valence-corrected chi connectivity index (χ2v) is 6.86. The SMILES string of the molecule is CC(CCC(=O)O)NC1c2ccccc2-c2[nH]c(=O)c3nc(C(=O)O)cn3c21. The van der Waals surface area contributed by atoms with Gasteiger partial charge in [-0.25, -0.2) is 9.78 Å². The lowest BCUT2D eigenvalue weighted by Gasteiger charge is -2.21. The van der Waals surface area contributed by atoms with Crippen molar-refractivity contribution in [2.75, 3.05) is 0 Å². The second kappa shape index (κ2) is 6.61. The largest absolute Gasteiger partial charge is 0.481 e. The molecular weight excluding hydrogens is 364 g/mol. The molecule has 1 aromatic carbocycles. The van der Waals surface area contributed by atoms with E-state index < -0.39 is 17.5 Å². The summed E-state index contributed by atoms with van der Waals surface area (Å²) in [5.41, 5.74) is 2.36. The van der Waals surface area contributed by atoms with Crippen LogP contribution in [0.3, 0.4) is 0 Å². The highest BCUT2D eigenvalue weighted by Crippen LogP contribution is 2.42. The fourth-order valence-corrected chi connectivity index (χ4v) is 3.67. The van der Waals surface area contributed by atoms with Crippen LogP contribution in [0.2, 0.25) is 0 Å². The first kappa shape index (κ1) is 17.9. The maximum Gasteiger partial charge on any atom is 0.356 e. The Morgan fingerprint density at radius 1 is 1.32 bits per heavy atom. The van der Waals surface area contributed by atoms with Crippen molar-refractivity contribution in [1.29, 1.82) is 0 Å². The number of H-pyrrole nitrogens is 1. The summed E-state index contributed by atoms with van der Waals surface area (Å²) in [6.45, 7) is 1.89. The van der Waals surface area contributed by atoms with E-state index in [-0.39, 0.29) is 29.8 Å². The molecule has 1 aliphatic rings. The van der Waals surface area contributed by atoms with E-state index >= 15 is 0 Å². The molecule has 2 atom stereocenters. The normalized spacial score (nSPS) is 16.0. The van der Waals surface area contributed by atoms with Crippen molar-refractivity contribution in [1.82, 2.24) is 19.7 Å². The van der Waals surface area contributed by atoms with E-state index in [1.807, 2.05) is 31.2 Å². The van der Waals surface area contributed by atoms with E-state index in [1.54, 1.807) is 0 Å². The number of imidazole rings is 1. The lowest BCUT2D eigenvalue weighted by molar-refractivity contribution is -0.137. The third-order valence-electron chi connectivity index (χ3n) is 4.94. The predicted octanol–water partition coefficient (Wildman–Crippen LogP) is 1.63. The molecule has 0 amide bonds. The minimum Gasteiger partial charge on any atom is -0.481 e. The van der Waals surface area contributed by atoms with Gasteiger partial charge in [-0.1, -0.05) is 24.3 Å². The number of rotatable bonds is 6. The van der Waals surface area contributed by atoms with Gasteiger partial charge in [0.05, 0.1) is 17.4 Å². The zero-order valence-corrected chi connectivity index (χ0v) is 15.0. The first-order valence-electron chi connectivity index (χ1n) is 8.82. The Bertz CT molecular complexity index is 1160. The van der Waals surface area contributed by atoms with Gasteiger partial charge in [-0.05, 0) is 18.9 Å². The number of carboxylic acids is 2. The fourth-order valence-electron chi connectivity index (χ4n) is 3.67. The van der Waals surface area contributed by atoms with E-state index in [9.17, 15) is 19.5 Å². The number of carboxylic acid groups (broad SMARTS) is 2. The quantitative estimate of drug-likeness (QED) is 0.508. The number of hydrogen-bond acceptors (Lipinski definition) is 5. The predicted molar refractivity (Wildman–Crippen MR) is 99.5 cm³/mol. The highest BCUT2D eigenvalue weighted by molar-refractivity contribution is 5.86. The summed E-state index contributed by atoms with van der Waals surface area (Å²) in [4.78, 5) is 41.5. The van der Waals surface area contributed by atoms with Crippen LogP contribution in [0.4, 0.5) is 0 Å². The number of aromatic carboxylic acids is 1. The molecule has 0 saturated carbocycles. The van der Waals surface area contributed by atoms with Gasteiger partial charge in [-0.2, -0.15) is 0 Å². The van der Waals surface area contributed by atoms with Crippen molar-refractivity contribution in [2.45, 2.75) is 31.8 Å². The molecule has 0 spiro atoms.